The van der Waals surface area contributed by atoms with E-state index in [1.165, 1.54) is 38.5 Å². The lowest BCUT2D eigenvalue weighted by molar-refractivity contribution is -0.190. The predicted octanol–water partition coefficient (Wildman–Crippen LogP) is 2.30. The molecular formula is C15H25NO. The second-order valence-corrected chi connectivity index (χ2v) is 7.74. The molecule has 96 valence electrons. The Kier molecular flexibility index (Phi) is 2.08. The van der Waals surface area contributed by atoms with Crippen LogP contribution in [0.25, 0.3) is 0 Å². The second kappa shape index (κ2) is 3.27. The molecule has 0 radical (unpaired) electrons. The molecule has 5 aliphatic carbocycles. The summed E-state index contributed by atoms with van der Waals surface area (Å²) in [6, 6.07) is 0. The van der Waals surface area contributed by atoms with Crippen LogP contribution >= 0.6 is 0 Å². The molecule has 2 heteroatoms. The first-order valence-electron chi connectivity index (χ1n) is 7.53. The summed E-state index contributed by atoms with van der Waals surface area (Å²) in [7, 11) is 0. The maximum atomic E-state index is 9.76. The van der Waals surface area contributed by atoms with Gasteiger partial charge >= 0.3 is 0 Å². The molecule has 0 heterocycles. The smallest absolute Gasteiger partial charge is 0.0552 e. The van der Waals surface area contributed by atoms with Crippen molar-refractivity contribution in [1.29, 1.82) is 0 Å². The molecule has 0 aromatic heterocycles. The van der Waals surface area contributed by atoms with Crippen molar-refractivity contribution in [1.82, 2.24) is 0 Å². The first-order chi connectivity index (χ1) is 8.15. The van der Waals surface area contributed by atoms with Crippen LogP contribution in [0.1, 0.15) is 51.4 Å². The molecule has 5 aliphatic rings. The molecule has 2 nitrogen and oxygen atoms in total. The Hall–Kier alpha value is -0.0800. The lowest BCUT2D eigenvalue weighted by atomic mass is 9.38. The van der Waals surface area contributed by atoms with Gasteiger partial charge in [0.2, 0.25) is 0 Å². The van der Waals surface area contributed by atoms with Crippen molar-refractivity contribution in [3.05, 3.63) is 0 Å². The molecule has 0 atom stereocenters. The molecule has 0 spiro atoms. The Morgan fingerprint density at radius 3 is 1.71 bits per heavy atom. The largest absolute Gasteiger partial charge is 0.393 e. The van der Waals surface area contributed by atoms with Crippen molar-refractivity contribution in [2.75, 3.05) is 6.54 Å². The van der Waals surface area contributed by atoms with E-state index in [0.29, 0.717) is 10.8 Å². The number of hydrogen-bond acceptors (Lipinski definition) is 2. The fourth-order valence-corrected chi connectivity index (χ4v) is 6.42. The number of nitrogens with two attached hydrogens (primary N) is 1. The highest BCUT2D eigenvalue weighted by atomic mass is 16.3. The van der Waals surface area contributed by atoms with Gasteiger partial charge in [-0.25, -0.2) is 0 Å². The molecule has 4 bridgehead atoms. The van der Waals surface area contributed by atoms with Gasteiger partial charge in [0, 0.05) is 0 Å². The van der Waals surface area contributed by atoms with Gasteiger partial charge < -0.3 is 10.8 Å². The number of rotatable bonds is 2. The molecule has 0 aliphatic heterocycles. The summed E-state index contributed by atoms with van der Waals surface area (Å²) in [6.45, 7) is 0.816. The van der Waals surface area contributed by atoms with Gasteiger partial charge in [-0.05, 0) is 86.5 Å². The van der Waals surface area contributed by atoms with Gasteiger partial charge in [0.15, 0.2) is 0 Å². The van der Waals surface area contributed by atoms with Gasteiger partial charge in [-0.3, -0.25) is 0 Å². The van der Waals surface area contributed by atoms with Gasteiger partial charge in [0.1, 0.15) is 0 Å². The predicted molar refractivity (Wildman–Crippen MR) is 67.3 cm³/mol. The second-order valence-electron chi connectivity index (χ2n) is 7.74. The molecule has 5 rings (SSSR count). The van der Waals surface area contributed by atoms with Crippen molar-refractivity contribution in [2.45, 2.75) is 57.5 Å². The van der Waals surface area contributed by atoms with Crippen molar-refractivity contribution in [2.24, 2.45) is 34.3 Å². The maximum Gasteiger partial charge on any atom is 0.0552 e. The van der Waals surface area contributed by atoms with Crippen LogP contribution in [-0.2, 0) is 0 Å². The van der Waals surface area contributed by atoms with Crippen LogP contribution in [0.3, 0.4) is 0 Å². The van der Waals surface area contributed by atoms with Gasteiger partial charge in [-0.1, -0.05) is 0 Å². The summed E-state index contributed by atoms with van der Waals surface area (Å²) in [5.41, 5.74) is 7.00. The van der Waals surface area contributed by atoms with Crippen LogP contribution in [0.5, 0.6) is 0 Å². The van der Waals surface area contributed by atoms with E-state index in [1.807, 2.05) is 0 Å². The summed E-state index contributed by atoms with van der Waals surface area (Å²) in [5, 5.41) is 9.76. The summed E-state index contributed by atoms with van der Waals surface area (Å²) in [5.74, 6) is 3.01. The van der Waals surface area contributed by atoms with Crippen molar-refractivity contribution in [3.63, 3.8) is 0 Å². The average Bonchev–Trinajstić information content (AvgIpc) is 2.22. The lowest BCUT2D eigenvalue weighted by Gasteiger charge is -2.67. The van der Waals surface area contributed by atoms with Gasteiger partial charge in [0.25, 0.3) is 0 Å². The normalized spacial score (nSPS) is 60.4. The zero-order valence-electron chi connectivity index (χ0n) is 10.7. The molecule has 0 unspecified atom stereocenters. The SMILES string of the molecule is NCC1(C23CC4CC(CC(C4)C2)C3)CC(O)C1. The van der Waals surface area contributed by atoms with Crippen molar-refractivity contribution in [3.8, 4) is 0 Å². The van der Waals surface area contributed by atoms with Crippen LogP contribution in [0.4, 0.5) is 0 Å². The summed E-state index contributed by atoms with van der Waals surface area (Å²) in [6.07, 6.45) is 10.7. The highest BCUT2D eigenvalue weighted by Crippen LogP contribution is 2.70. The Bertz CT molecular complexity index is 297. The third kappa shape index (κ3) is 1.29. The molecule has 5 saturated carbocycles. The van der Waals surface area contributed by atoms with Crippen LogP contribution in [0.15, 0.2) is 0 Å². The van der Waals surface area contributed by atoms with E-state index in [9.17, 15) is 5.11 Å². The van der Waals surface area contributed by atoms with Gasteiger partial charge in [-0.2, -0.15) is 0 Å². The van der Waals surface area contributed by atoms with E-state index in [2.05, 4.69) is 0 Å². The molecule has 0 aromatic carbocycles. The third-order valence-corrected chi connectivity index (χ3v) is 6.81. The van der Waals surface area contributed by atoms with Crippen LogP contribution in [0.2, 0.25) is 0 Å². The van der Waals surface area contributed by atoms with Crippen molar-refractivity contribution < 1.29 is 5.11 Å². The molecule has 0 saturated heterocycles. The van der Waals surface area contributed by atoms with Crippen LogP contribution in [-0.4, -0.2) is 17.8 Å². The minimum atomic E-state index is -0.0495. The summed E-state index contributed by atoms with van der Waals surface area (Å²) in [4.78, 5) is 0. The third-order valence-electron chi connectivity index (χ3n) is 6.81. The summed E-state index contributed by atoms with van der Waals surface area (Å²) < 4.78 is 0. The molecule has 0 amide bonds. The van der Waals surface area contributed by atoms with E-state index in [1.54, 1.807) is 0 Å². The van der Waals surface area contributed by atoms with Gasteiger partial charge in [0.05, 0.1) is 6.10 Å². The molecular weight excluding hydrogens is 210 g/mol. The van der Waals surface area contributed by atoms with Crippen molar-refractivity contribution >= 4 is 0 Å². The number of hydrogen-bond donors (Lipinski definition) is 2. The Morgan fingerprint density at radius 1 is 0.882 bits per heavy atom. The molecule has 3 N–H and O–H groups in total. The minimum absolute atomic E-state index is 0.0495. The van der Waals surface area contributed by atoms with E-state index >= 15 is 0 Å². The fourth-order valence-electron chi connectivity index (χ4n) is 6.42. The lowest BCUT2D eigenvalue weighted by Crippen LogP contribution is -2.62. The first kappa shape index (κ1) is 10.8. The maximum absolute atomic E-state index is 9.76. The molecule has 17 heavy (non-hydrogen) atoms. The topological polar surface area (TPSA) is 46.2 Å². The average molecular weight is 235 g/mol. The highest BCUT2D eigenvalue weighted by Gasteiger charge is 2.63. The molecule has 0 aromatic rings. The quantitative estimate of drug-likeness (QED) is 0.771. The zero-order chi connectivity index (χ0) is 11.7. The summed E-state index contributed by atoms with van der Waals surface area (Å²) >= 11 is 0. The monoisotopic (exact) mass is 235 g/mol. The number of aliphatic hydroxyl groups excluding tert-OH is 1. The molecule has 5 fully saturated rings. The van der Waals surface area contributed by atoms with E-state index in [0.717, 1.165) is 37.1 Å². The zero-order valence-corrected chi connectivity index (χ0v) is 10.7. The highest BCUT2D eigenvalue weighted by molar-refractivity contribution is 5.13. The van der Waals surface area contributed by atoms with Crippen LogP contribution < -0.4 is 5.73 Å². The Morgan fingerprint density at radius 2 is 1.35 bits per heavy atom. The standard InChI is InChI=1S/C15H25NO/c16-9-15(7-13(17)8-15)14-4-10-1-11(5-14)3-12(2-10)6-14/h10-13,17H,1-9,16H2. The van der Waals surface area contributed by atoms with E-state index in [4.69, 9.17) is 5.73 Å². The van der Waals surface area contributed by atoms with Gasteiger partial charge in [-0.15, -0.1) is 0 Å². The fraction of sp³-hybridized carbons (Fsp3) is 1.00. The Balaban J connectivity index is 1.68. The van der Waals surface area contributed by atoms with Crippen LogP contribution in [0, 0.1) is 28.6 Å². The minimum Gasteiger partial charge on any atom is -0.393 e. The van der Waals surface area contributed by atoms with E-state index in [-0.39, 0.29) is 6.10 Å². The Labute approximate surface area is 104 Å². The number of aliphatic hydroxyl groups is 1. The van der Waals surface area contributed by atoms with E-state index < -0.39 is 0 Å². The first-order valence-corrected chi connectivity index (χ1v) is 7.53.